The predicted molar refractivity (Wildman–Crippen MR) is 113 cm³/mol. The van der Waals surface area contributed by atoms with E-state index in [1.165, 1.54) is 22.9 Å². The number of non-ortho nitro benzene ring substituents is 1. The van der Waals surface area contributed by atoms with Crippen molar-refractivity contribution in [1.29, 1.82) is 0 Å². The van der Waals surface area contributed by atoms with E-state index in [0.717, 1.165) is 0 Å². The van der Waals surface area contributed by atoms with Crippen LogP contribution >= 0.6 is 0 Å². The molecule has 2 amide bonds. The van der Waals surface area contributed by atoms with E-state index in [1.54, 1.807) is 42.6 Å². The number of anilines is 2. The molecule has 0 aliphatic carbocycles. The van der Waals surface area contributed by atoms with Crippen molar-refractivity contribution in [3.05, 3.63) is 76.6 Å². The highest BCUT2D eigenvalue weighted by molar-refractivity contribution is 6.03. The quantitative estimate of drug-likeness (QED) is 0.489. The topological polar surface area (TPSA) is 119 Å². The molecule has 0 aliphatic rings. The number of rotatable bonds is 5. The summed E-state index contributed by atoms with van der Waals surface area (Å²) in [5, 5.41) is 20.7. The summed E-state index contributed by atoms with van der Waals surface area (Å²) in [4.78, 5) is 35.1. The number of hydrogen-bond acceptors (Lipinski definition) is 5. The first-order chi connectivity index (χ1) is 14.1. The van der Waals surface area contributed by atoms with Gasteiger partial charge in [-0.3, -0.25) is 19.7 Å². The molecule has 30 heavy (non-hydrogen) atoms. The van der Waals surface area contributed by atoms with E-state index >= 15 is 0 Å². The summed E-state index contributed by atoms with van der Waals surface area (Å²) >= 11 is 0. The van der Waals surface area contributed by atoms with Gasteiger partial charge in [0, 0.05) is 35.1 Å². The average Bonchev–Trinajstić information content (AvgIpc) is 3.18. The van der Waals surface area contributed by atoms with E-state index in [4.69, 9.17) is 0 Å². The molecule has 3 aromatic rings. The lowest BCUT2D eigenvalue weighted by molar-refractivity contribution is -0.384. The van der Waals surface area contributed by atoms with Crippen molar-refractivity contribution in [3.8, 4) is 5.69 Å². The molecule has 0 atom stereocenters. The number of nitro benzene ring substituents is 1. The van der Waals surface area contributed by atoms with Crippen molar-refractivity contribution in [1.82, 2.24) is 9.78 Å². The highest BCUT2D eigenvalue weighted by Gasteiger charge is 2.21. The van der Waals surface area contributed by atoms with E-state index in [2.05, 4.69) is 15.7 Å². The van der Waals surface area contributed by atoms with E-state index in [1.807, 2.05) is 20.8 Å². The fraction of sp³-hybridized carbons (Fsp3) is 0.190. The Morgan fingerprint density at radius 2 is 1.67 bits per heavy atom. The van der Waals surface area contributed by atoms with Gasteiger partial charge in [-0.15, -0.1) is 0 Å². The number of carbonyl (C=O) groups excluding carboxylic acids is 2. The minimum atomic E-state index is -0.543. The highest BCUT2D eigenvalue weighted by atomic mass is 16.6. The maximum Gasteiger partial charge on any atom is 0.276 e. The Bertz CT molecular complexity index is 1110. The maximum atomic E-state index is 12.5. The molecular weight excluding hydrogens is 386 g/mol. The molecule has 2 aromatic carbocycles. The zero-order valence-corrected chi connectivity index (χ0v) is 16.7. The molecule has 0 unspecified atom stereocenters. The Morgan fingerprint density at radius 1 is 1.00 bits per heavy atom. The Balaban J connectivity index is 1.73. The zero-order valence-electron chi connectivity index (χ0n) is 16.7. The largest absolute Gasteiger partial charge is 0.326 e. The molecule has 9 nitrogen and oxygen atoms in total. The van der Waals surface area contributed by atoms with Crippen molar-refractivity contribution in [2.45, 2.75) is 20.8 Å². The molecule has 3 rings (SSSR count). The fourth-order valence-corrected chi connectivity index (χ4v) is 2.53. The second-order valence-electron chi connectivity index (χ2n) is 7.66. The SMILES string of the molecule is CC(C)(C)C(=O)Nc1cccc(NC(=O)c2ccn(-c3cccc([N+](=O)[O-])c3)n2)c1. The second-order valence-corrected chi connectivity index (χ2v) is 7.66. The number of nitro groups is 1. The van der Waals surface area contributed by atoms with Crippen LogP contribution in [0.5, 0.6) is 0 Å². The molecule has 0 bridgehead atoms. The van der Waals surface area contributed by atoms with Crippen molar-refractivity contribution < 1.29 is 14.5 Å². The molecular formula is C21H21N5O4. The Morgan fingerprint density at radius 3 is 2.33 bits per heavy atom. The average molecular weight is 407 g/mol. The zero-order chi connectivity index (χ0) is 21.9. The predicted octanol–water partition coefficient (Wildman–Crippen LogP) is 4.02. The number of carbonyl (C=O) groups is 2. The van der Waals surface area contributed by atoms with Crippen LogP contribution in [0.3, 0.4) is 0 Å². The summed E-state index contributed by atoms with van der Waals surface area (Å²) < 4.78 is 1.39. The summed E-state index contributed by atoms with van der Waals surface area (Å²) in [7, 11) is 0. The molecule has 0 fully saturated rings. The third kappa shape index (κ3) is 4.88. The number of nitrogens with one attached hydrogen (secondary N) is 2. The third-order valence-electron chi connectivity index (χ3n) is 4.19. The lowest BCUT2D eigenvalue weighted by Gasteiger charge is -2.18. The smallest absolute Gasteiger partial charge is 0.276 e. The van der Waals surface area contributed by atoms with Crippen LogP contribution in [0.4, 0.5) is 17.1 Å². The summed E-state index contributed by atoms with van der Waals surface area (Å²) in [6.45, 7) is 5.43. The number of hydrogen-bond donors (Lipinski definition) is 2. The minimum absolute atomic E-state index is 0.0666. The third-order valence-corrected chi connectivity index (χ3v) is 4.19. The number of amides is 2. The van der Waals surface area contributed by atoms with E-state index in [0.29, 0.717) is 17.1 Å². The van der Waals surface area contributed by atoms with Crippen molar-refractivity contribution in [2.24, 2.45) is 5.41 Å². The van der Waals surface area contributed by atoms with Gasteiger partial charge >= 0.3 is 0 Å². The van der Waals surface area contributed by atoms with Gasteiger partial charge in [-0.25, -0.2) is 4.68 Å². The Labute approximate surface area is 172 Å². The molecule has 154 valence electrons. The van der Waals surface area contributed by atoms with Crippen LogP contribution in [0, 0.1) is 15.5 Å². The molecule has 0 saturated carbocycles. The minimum Gasteiger partial charge on any atom is -0.326 e. The fourth-order valence-electron chi connectivity index (χ4n) is 2.53. The Hall–Kier alpha value is -4.01. The normalized spacial score (nSPS) is 11.0. The van der Waals surface area contributed by atoms with Crippen LogP contribution < -0.4 is 10.6 Å². The molecule has 2 N–H and O–H groups in total. The number of aromatic nitrogens is 2. The van der Waals surface area contributed by atoms with Gasteiger partial charge in [0.15, 0.2) is 5.69 Å². The van der Waals surface area contributed by atoms with E-state index in [9.17, 15) is 19.7 Å². The van der Waals surface area contributed by atoms with Gasteiger partial charge < -0.3 is 10.6 Å². The van der Waals surface area contributed by atoms with Crippen LogP contribution in [0.2, 0.25) is 0 Å². The molecule has 1 aromatic heterocycles. The van der Waals surface area contributed by atoms with Crippen molar-refractivity contribution in [3.63, 3.8) is 0 Å². The van der Waals surface area contributed by atoms with Gasteiger partial charge in [-0.1, -0.05) is 32.9 Å². The first-order valence-electron chi connectivity index (χ1n) is 9.17. The van der Waals surface area contributed by atoms with Crippen molar-refractivity contribution in [2.75, 3.05) is 10.6 Å². The van der Waals surface area contributed by atoms with Crippen LogP contribution in [0.1, 0.15) is 31.3 Å². The van der Waals surface area contributed by atoms with Gasteiger partial charge in [0.1, 0.15) is 0 Å². The van der Waals surface area contributed by atoms with Crippen LogP contribution in [0.15, 0.2) is 60.8 Å². The molecule has 0 spiro atoms. The summed E-state index contributed by atoms with van der Waals surface area (Å²) in [5.41, 5.74) is 1.06. The summed E-state index contributed by atoms with van der Waals surface area (Å²) in [5.74, 6) is -0.583. The summed E-state index contributed by atoms with van der Waals surface area (Å²) in [6.07, 6.45) is 1.55. The van der Waals surface area contributed by atoms with Gasteiger partial charge in [0.25, 0.3) is 11.6 Å². The van der Waals surface area contributed by atoms with Gasteiger partial charge in [0.2, 0.25) is 5.91 Å². The maximum absolute atomic E-state index is 12.5. The molecule has 1 heterocycles. The van der Waals surface area contributed by atoms with Gasteiger partial charge in [-0.2, -0.15) is 5.10 Å². The first-order valence-corrected chi connectivity index (χ1v) is 9.17. The molecule has 0 saturated heterocycles. The van der Waals surface area contributed by atoms with Crippen LogP contribution in [-0.2, 0) is 4.79 Å². The van der Waals surface area contributed by atoms with Crippen LogP contribution in [0.25, 0.3) is 5.69 Å². The Kier molecular flexibility index (Phi) is 5.63. The monoisotopic (exact) mass is 407 g/mol. The van der Waals surface area contributed by atoms with Crippen molar-refractivity contribution >= 4 is 28.9 Å². The van der Waals surface area contributed by atoms with Crippen LogP contribution in [-0.4, -0.2) is 26.5 Å². The lowest BCUT2D eigenvalue weighted by Crippen LogP contribution is -2.27. The van der Waals surface area contributed by atoms with E-state index in [-0.39, 0.29) is 17.3 Å². The summed E-state index contributed by atoms with van der Waals surface area (Å²) in [6, 6.07) is 14.3. The molecule has 0 radical (unpaired) electrons. The second kappa shape index (κ2) is 8.16. The van der Waals surface area contributed by atoms with E-state index < -0.39 is 16.2 Å². The first kappa shape index (κ1) is 20.7. The lowest BCUT2D eigenvalue weighted by atomic mass is 9.95. The number of benzene rings is 2. The van der Waals surface area contributed by atoms with Gasteiger partial charge in [-0.05, 0) is 30.3 Å². The molecule has 0 aliphatic heterocycles. The molecule has 9 heteroatoms. The number of nitrogens with zero attached hydrogens (tertiary/aromatic N) is 3. The standard InChI is InChI=1S/C21H21N5O4/c1-21(2,3)20(28)23-15-7-4-6-14(12-15)22-19(27)18-10-11-25(24-18)16-8-5-9-17(13-16)26(29)30/h4-13H,1-3H3,(H,22,27)(H,23,28). The van der Waals surface area contributed by atoms with Gasteiger partial charge in [0.05, 0.1) is 10.6 Å². The highest BCUT2D eigenvalue weighted by Crippen LogP contribution is 2.21.